The molecular formula is C24H32N2O2S. The number of rotatable bonds is 11. The maximum Gasteiger partial charge on any atom is 0.242 e. The number of hydrogen-bond acceptors (Lipinski definition) is 3. The van der Waals surface area contributed by atoms with Gasteiger partial charge < -0.3 is 10.2 Å². The fourth-order valence-electron chi connectivity index (χ4n) is 2.97. The smallest absolute Gasteiger partial charge is 0.242 e. The van der Waals surface area contributed by atoms with E-state index in [1.54, 1.807) is 4.90 Å². The largest absolute Gasteiger partial charge is 0.354 e. The van der Waals surface area contributed by atoms with E-state index in [1.807, 2.05) is 56.3 Å². The van der Waals surface area contributed by atoms with Crippen molar-refractivity contribution in [3.8, 4) is 0 Å². The molecule has 4 nitrogen and oxygen atoms in total. The van der Waals surface area contributed by atoms with Gasteiger partial charge in [-0.3, -0.25) is 9.59 Å². The van der Waals surface area contributed by atoms with Gasteiger partial charge in [0.1, 0.15) is 6.04 Å². The lowest BCUT2D eigenvalue weighted by molar-refractivity contribution is -0.137. The van der Waals surface area contributed by atoms with Crippen LogP contribution >= 0.6 is 11.8 Å². The summed E-state index contributed by atoms with van der Waals surface area (Å²) in [6.45, 7) is 7.14. The van der Waals surface area contributed by atoms with Crippen LogP contribution < -0.4 is 5.32 Å². The SMILES string of the molecule is CCCCNC(=O)[C@H](C)N(CCc1ccccc1)C(=O)CSc1ccc(C)cc1. The molecule has 0 fully saturated rings. The zero-order valence-corrected chi connectivity index (χ0v) is 18.5. The second-order valence-corrected chi connectivity index (χ2v) is 8.29. The van der Waals surface area contributed by atoms with Crippen molar-refractivity contribution < 1.29 is 9.59 Å². The second kappa shape index (κ2) is 12.3. The van der Waals surface area contributed by atoms with Gasteiger partial charge in [0.25, 0.3) is 0 Å². The highest BCUT2D eigenvalue weighted by atomic mass is 32.2. The number of nitrogens with zero attached hydrogens (tertiary/aromatic N) is 1. The van der Waals surface area contributed by atoms with Gasteiger partial charge in [-0.15, -0.1) is 11.8 Å². The first-order chi connectivity index (χ1) is 14.0. The van der Waals surface area contributed by atoms with E-state index in [0.717, 1.165) is 29.7 Å². The Labute approximate surface area is 179 Å². The molecule has 29 heavy (non-hydrogen) atoms. The molecule has 2 aromatic rings. The first kappa shape index (κ1) is 23.0. The van der Waals surface area contributed by atoms with E-state index in [0.29, 0.717) is 18.8 Å². The molecule has 5 heteroatoms. The summed E-state index contributed by atoms with van der Waals surface area (Å²) >= 11 is 1.51. The topological polar surface area (TPSA) is 49.4 Å². The number of benzene rings is 2. The third-order valence-electron chi connectivity index (χ3n) is 4.86. The van der Waals surface area contributed by atoms with E-state index in [1.165, 1.54) is 17.3 Å². The summed E-state index contributed by atoms with van der Waals surface area (Å²) in [6.07, 6.45) is 2.70. The molecule has 0 aliphatic carbocycles. The summed E-state index contributed by atoms with van der Waals surface area (Å²) in [7, 11) is 0. The lowest BCUT2D eigenvalue weighted by atomic mass is 10.1. The number of hydrogen-bond donors (Lipinski definition) is 1. The quantitative estimate of drug-likeness (QED) is 0.438. The van der Waals surface area contributed by atoms with Gasteiger partial charge in [0.15, 0.2) is 0 Å². The van der Waals surface area contributed by atoms with Crippen LogP contribution in [0.2, 0.25) is 0 Å². The highest BCUT2D eigenvalue weighted by Crippen LogP contribution is 2.19. The lowest BCUT2D eigenvalue weighted by Crippen LogP contribution is -2.49. The predicted octanol–water partition coefficient (Wildman–Crippen LogP) is 4.46. The standard InChI is InChI=1S/C24H32N2O2S/c1-4-5-16-25-24(28)20(3)26(17-15-21-9-7-6-8-10-21)23(27)18-29-22-13-11-19(2)12-14-22/h6-14,20H,4-5,15-18H2,1-3H3,(H,25,28)/t20-/m0/s1. The maximum absolute atomic E-state index is 13.0. The highest BCUT2D eigenvalue weighted by molar-refractivity contribution is 8.00. The van der Waals surface area contributed by atoms with Crippen LogP contribution in [0.1, 0.15) is 37.8 Å². The fraction of sp³-hybridized carbons (Fsp3) is 0.417. The van der Waals surface area contributed by atoms with Crippen LogP contribution in [-0.2, 0) is 16.0 Å². The number of unbranched alkanes of at least 4 members (excludes halogenated alkanes) is 1. The Morgan fingerprint density at radius 3 is 2.41 bits per heavy atom. The van der Waals surface area contributed by atoms with Crippen LogP contribution in [-0.4, -0.2) is 41.6 Å². The third-order valence-corrected chi connectivity index (χ3v) is 5.86. The van der Waals surface area contributed by atoms with Crippen molar-refractivity contribution in [2.75, 3.05) is 18.8 Å². The zero-order chi connectivity index (χ0) is 21.1. The molecule has 1 N–H and O–H groups in total. The average molecular weight is 413 g/mol. The summed E-state index contributed by atoms with van der Waals surface area (Å²) in [4.78, 5) is 28.4. The van der Waals surface area contributed by atoms with Gasteiger partial charge in [0.2, 0.25) is 11.8 Å². The number of carbonyl (C=O) groups excluding carboxylic acids is 2. The molecule has 0 aliphatic heterocycles. The normalized spacial score (nSPS) is 11.7. The van der Waals surface area contributed by atoms with Crippen molar-refractivity contribution in [1.82, 2.24) is 10.2 Å². The first-order valence-electron chi connectivity index (χ1n) is 10.3. The van der Waals surface area contributed by atoms with E-state index in [9.17, 15) is 9.59 Å². The van der Waals surface area contributed by atoms with Crippen LogP contribution in [0.15, 0.2) is 59.5 Å². The Bertz CT molecular complexity index is 762. The maximum atomic E-state index is 13.0. The van der Waals surface area contributed by atoms with Gasteiger partial charge in [-0.2, -0.15) is 0 Å². The summed E-state index contributed by atoms with van der Waals surface area (Å²) in [5.41, 5.74) is 2.36. The van der Waals surface area contributed by atoms with Crippen LogP contribution in [0.3, 0.4) is 0 Å². The summed E-state index contributed by atoms with van der Waals surface area (Å²) in [6, 6.07) is 17.7. The third kappa shape index (κ3) is 7.94. The minimum Gasteiger partial charge on any atom is -0.354 e. The summed E-state index contributed by atoms with van der Waals surface area (Å²) < 4.78 is 0. The first-order valence-corrected chi connectivity index (χ1v) is 11.3. The molecular weight excluding hydrogens is 380 g/mol. The monoisotopic (exact) mass is 412 g/mol. The molecule has 0 heterocycles. The van der Waals surface area contributed by atoms with Crippen molar-refractivity contribution in [3.05, 3.63) is 65.7 Å². The number of carbonyl (C=O) groups is 2. The van der Waals surface area contributed by atoms with Crippen LogP contribution in [0.25, 0.3) is 0 Å². The molecule has 0 bridgehead atoms. The van der Waals surface area contributed by atoms with E-state index >= 15 is 0 Å². The van der Waals surface area contributed by atoms with Crippen LogP contribution in [0, 0.1) is 6.92 Å². The molecule has 156 valence electrons. The van der Waals surface area contributed by atoms with Crippen LogP contribution in [0.4, 0.5) is 0 Å². The Hall–Kier alpha value is -2.27. The summed E-state index contributed by atoms with van der Waals surface area (Å²) in [5.74, 6) is 0.231. The Morgan fingerprint density at radius 2 is 1.76 bits per heavy atom. The molecule has 0 aromatic heterocycles. The van der Waals surface area contributed by atoms with Crippen molar-refractivity contribution in [2.45, 2.75) is 51.0 Å². The van der Waals surface area contributed by atoms with E-state index in [-0.39, 0.29) is 11.8 Å². The number of nitrogens with one attached hydrogen (secondary N) is 1. The number of amides is 2. The fourth-order valence-corrected chi connectivity index (χ4v) is 3.75. The van der Waals surface area contributed by atoms with Gasteiger partial charge in [-0.05, 0) is 44.4 Å². The van der Waals surface area contributed by atoms with E-state index in [4.69, 9.17) is 0 Å². The molecule has 0 unspecified atom stereocenters. The summed E-state index contributed by atoms with van der Waals surface area (Å²) in [5, 5.41) is 2.96. The minimum absolute atomic E-state index is 0.00959. The molecule has 1 atom stereocenters. The molecule has 2 rings (SSSR count). The second-order valence-electron chi connectivity index (χ2n) is 7.25. The lowest BCUT2D eigenvalue weighted by Gasteiger charge is -2.28. The van der Waals surface area contributed by atoms with Crippen LogP contribution in [0.5, 0.6) is 0 Å². The van der Waals surface area contributed by atoms with Crippen molar-refractivity contribution >= 4 is 23.6 Å². The molecule has 0 radical (unpaired) electrons. The van der Waals surface area contributed by atoms with Crippen molar-refractivity contribution in [2.24, 2.45) is 0 Å². The van der Waals surface area contributed by atoms with Crippen molar-refractivity contribution in [3.63, 3.8) is 0 Å². The highest BCUT2D eigenvalue weighted by Gasteiger charge is 2.25. The Morgan fingerprint density at radius 1 is 1.07 bits per heavy atom. The molecule has 0 aliphatic rings. The van der Waals surface area contributed by atoms with Crippen molar-refractivity contribution in [1.29, 1.82) is 0 Å². The average Bonchev–Trinajstić information content (AvgIpc) is 2.74. The number of aryl methyl sites for hydroxylation is 1. The Kier molecular flexibility index (Phi) is 9.78. The zero-order valence-electron chi connectivity index (χ0n) is 17.7. The van der Waals surface area contributed by atoms with Gasteiger partial charge in [0, 0.05) is 18.0 Å². The van der Waals surface area contributed by atoms with Gasteiger partial charge in [0.05, 0.1) is 5.75 Å². The van der Waals surface area contributed by atoms with Gasteiger partial charge in [-0.1, -0.05) is 61.4 Å². The molecule has 0 spiro atoms. The Balaban J connectivity index is 2.01. The molecule has 2 amide bonds. The molecule has 0 saturated heterocycles. The van der Waals surface area contributed by atoms with Gasteiger partial charge >= 0.3 is 0 Å². The molecule has 2 aromatic carbocycles. The van der Waals surface area contributed by atoms with Gasteiger partial charge in [-0.25, -0.2) is 0 Å². The van der Waals surface area contributed by atoms with E-state index < -0.39 is 6.04 Å². The molecule has 0 saturated carbocycles. The van der Waals surface area contributed by atoms with E-state index in [2.05, 4.69) is 24.4 Å². The predicted molar refractivity (Wildman–Crippen MR) is 121 cm³/mol. The number of thioether (sulfide) groups is 1. The minimum atomic E-state index is -0.485.